The van der Waals surface area contributed by atoms with E-state index in [-0.39, 0.29) is 18.5 Å². The van der Waals surface area contributed by atoms with Crippen molar-refractivity contribution in [3.8, 4) is 11.5 Å². The van der Waals surface area contributed by atoms with Gasteiger partial charge in [-0.05, 0) is 49.2 Å². The molecule has 28 heavy (non-hydrogen) atoms. The van der Waals surface area contributed by atoms with Crippen molar-refractivity contribution in [1.82, 2.24) is 4.90 Å². The maximum Gasteiger partial charge on any atom is 0.161 e. The Kier molecular flexibility index (Phi) is 8.70. The third-order valence-corrected chi connectivity index (χ3v) is 4.26. The van der Waals surface area contributed by atoms with Gasteiger partial charge in [0.25, 0.3) is 0 Å². The SMILES string of the molecule is COc1ccc(CN(Cc2ccc(F)cc2)C[C@H](O)COC(C)C)cc1OC. The summed E-state index contributed by atoms with van der Waals surface area (Å²) >= 11 is 0. The second-order valence-electron chi connectivity index (χ2n) is 7.02. The normalized spacial score (nSPS) is 12.4. The third kappa shape index (κ3) is 7.11. The van der Waals surface area contributed by atoms with E-state index in [0.29, 0.717) is 31.1 Å². The van der Waals surface area contributed by atoms with Crippen LogP contribution >= 0.6 is 0 Å². The molecule has 1 atom stereocenters. The fourth-order valence-electron chi connectivity index (χ4n) is 2.92. The average Bonchev–Trinajstić information content (AvgIpc) is 2.68. The summed E-state index contributed by atoms with van der Waals surface area (Å²) in [4.78, 5) is 2.10. The molecule has 0 radical (unpaired) electrons. The Labute approximate surface area is 166 Å². The maximum atomic E-state index is 13.2. The molecular weight excluding hydrogens is 361 g/mol. The van der Waals surface area contributed by atoms with Crippen molar-refractivity contribution >= 4 is 0 Å². The molecule has 0 saturated carbocycles. The highest BCUT2D eigenvalue weighted by Crippen LogP contribution is 2.28. The van der Waals surface area contributed by atoms with Crippen LogP contribution in [0, 0.1) is 5.82 Å². The number of benzene rings is 2. The van der Waals surface area contributed by atoms with E-state index in [1.807, 2.05) is 32.0 Å². The van der Waals surface area contributed by atoms with Gasteiger partial charge >= 0.3 is 0 Å². The summed E-state index contributed by atoms with van der Waals surface area (Å²) < 4.78 is 29.4. The van der Waals surface area contributed by atoms with Gasteiger partial charge in [-0.15, -0.1) is 0 Å². The first-order chi connectivity index (χ1) is 13.4. The van der Waals surface area contributed by atoms with E-state index in [4.69, 9.17) is 14.2 Å². The van der Waals surface area contributed by atoms with Crippen molar-refractivity contribution < 1.29 is 23.7 Å². The molecule has 1 N–H and O–H groups in total. The molecule has 0 amide bonds. The fraction of sp³-hybridized carbons (Fsp3) is 0.455. The number of ether oxygens (including phenoxy) is 3. The molecule has 154 valence electrons. The molecule has 0 saturated heterocycles. The first-order valence-corrected chi connectivity index (χ1v) is 9.38. The van der Waals surface area contributed by atoms with Crippen molar-refractivity contribution in [2.24, 2.45) is 0 Å². The molecule has 5 nitrogen and oxygen atoms in total. The molecule has 2 aromatic carbocycles. The smallest absolute Gasteiger partial charge is 0.161 e. The first kappa shape index (κ1) is 22.1. The van der Waals surface area contributed by atoms with Crippen LogP contribution in [-0.4, -0.2) is 49.6 Å². The van der Waals surface area contributed by atoms with Gasteiger partial charge in [0.05, 0.1) is 33.0 Å². The third-order valence-electron chi connectivity index (χ3n) is 4.26. The molecule has 2 rings (SSSR count). The average molecular weight is 391 g/mol. The fourth-order valence-corrected chi connectivity index (χ4v) is 2.92. The second kappa shape index (κ2) is 11.0. The van der Waals surface area contributed by atoms with Crippen molar-refractivity contribution in [3.05, 3.63) is 59.4 Å². The number of methoxy groups -OCH3 is 2. The lowest BCUT2D eigenvalue weighted by molar-refractivity contribution is -0.0106. The van der Waals surface area contributed by atoms with E-state index in [1.54, 1.807) is 26.4 Å². The topological polar surface area (TPSA) is 51.2 Å². The van der Waals surface area contributed by atoms with Crippen LogP contribution in [0.3, 0.4) is 0 Å². The van der Waals surface area contributed by atoms with Gasteiger partial charge in [-0.25, -0.2) is 4.39 Å². The lowest BCUT2D eigenvalue weighted by Gasteiger charge is -2.26. The van der Waals surface area contributed by atoms with Crippen LogP contribution in [0.2, 0.25) is 0 Å². The van der Waals surface area contributed by atoms with E-state index < -0.39 is 6.10 Å². The maximum absolute atomic E-state index is 13.2. The Morgan fingerprint density at radius 1 is 0.929 bits per heavy atom. The summed E-state index contributed by atoms with van der Waals surface area (Å²) in [5.41, 5.74) is 2.00. The van der Waals surface area contributed by atoms with Crippen LogP contribution in [0.25, 0.3) is 0 Å². The summed E-state index contributed by atoms with van der Waals surface area (Å²) in [6, 6.07) is 12.2. The minimum atomic E-state index is -0.622. The van der Waals surface area contributed by atoms with Crippen LogP contribution in [0.1, 0.15) is 25.0 Å². The van der Waals surface area contributed by atoms with Crippen molar-refractivity contribution in [2.45, 2.75) is 39.1 Å². The summed E-state index contributed by atoms with van der Waals surface area (Å²) in [5.74, 6) is 1.06. The molecule has 2 aromatic rings. The molecule has 0 aliphatic carbocycles. The largest absolute Gasteiger partial charge is 0.493 e. The van der Waals surface area contributed by atoms with Gasteiger partial charge in [0.15, 0.2) is 11.5 Å². The summed E-state index contributed by atoms with van der Waals surface area (Å²) in [6.07, 6.45) is -0.561. The van der Waals surface area contributed by atoms with Gasteiger partial charge in [-0.3, -0.25) is 4.90 Å². The van der Waals surface area contributed by atoms with Crippen molar-refractivity contribution in [3.63, 3.8) is 0 Å². The Bertz CT molecular complexity index is 721. The second-order valence-corrected chi connectivity index (χ2v) is 7.02. The van der Waals surface area contributed by atoms with E-state index in [0.717, 1.165) is 11.1 Å². The molecule has 0 aliphatic heterocycles. The Morgan fingerprint density at radius 2 is 1.54 bits per heavy atom. The zero-order valence-corrected chi connectivity index (χ0v) is 17.0. The number of hydrogen-bond donors (Lipinski definition) is 1. The summed E-state index contributed by atoms with van der Waals surface area (Å²) in [6.45, 7) is 5.74. The number of hydrogen-bond acceptors (Lipinski definition) is 5. The van der Waals surface area contributed by atoms with Crippen LogP contribution < -0.4 is 9.47 Å². The van der Waals surface area contributed by atoms with E-state index in [9.17, 15) is 9.50 Å². The molecule has 0 aromatic heterocycles. The quantitative estimate of drug-likeness (QED) is 0.634. The lowest BCUT2D eigenvalue weighted by atomic mass is 10.1. The molecule has 0 aliphatic rings. The molecule has 6 heteroatoms. The van der Waals surface area contributed by atoms with Gasteiger partial charge in [0.1, 0.15) is 5.82 Å². The molecule has 0 unspecified atom stereocenters. The summed E-state index contributed by atoms with van der Waals surface area (Å²) in [5, 5.41) is 10.4. The van der Waals surface area contributed by atoms with Gasteiger partial charge in [0, 0.05) is 19.6 Å². The van der Waals surface area contributed by atoms with Gasteiger partial charge in [-0.1, -0.05) is 18.2 Å². The molecular formula is C22H30FNO4. The minimum absolute atomic E-state index is 0.0612. The Hall–Kier alpha value is -2.15. The summed E-state index contributed by atoms with van der Waals surface area (Å²) in [7, 11) is 3.20. The Morgan fingerprint density at radius 3 is 2.14 bits per heavy atom. The van der Waals surface area contributed by atoms with Gasteiger partial charge < -0.3 is 19.3 Å². The van der Waals surface area contributed by atoms with Crippen LogP contribution in [-0.2, 0) is 17.8 Å². The zero-order valence-electron chi connectivity index (χ0n) is 17.0. The number of rotatable bonds is 11. The molecule has 0 fully saturated rings. The van der Waals surface area contributed by atoms with Crippen LogP contribution in [0.15, 0.2) is 42.5 Å². The highest BCUT2D eigenvalue weighted by molar-refractivity contribution is 5.42. The monoisotopic (exact) mass is 391 g/mol. The van der Waals surface area contributed by atoms with Gasteiger partial charge in [-0.2, -0.15) is 0 Å². The van der Waals surface area contributed by atoms with E-state index in [2.05, 4.69) is 4.90 Å². The first-order valence-electron chi connectivity index (χ1n) is 9.38. The molecule has 0 spiro atoms. The lowest BCUT2D eigenvalue weighted by Crippen LogP contribution is -2.34. The highest BCUT2D eigenvalue weighted by atomic mass is 19.1. The number of aliphatic hydroxyl groups is 1. The predicted molar refractivity (Wildman–Crippen MR) is 107 cm³/mol. The Balaban J connectivity index is 2.13. The van der Waals surface area contributed by atoms with E-state index >= 15 is 0 Å². The van der Waals surface area contributed by atoms with Crippen molar-refractivity contribution in [2.75, 3.05) is 27.4 Å². The van der Waals surface area contributed by atoms with E-state index in [1.165, 1.54) is 12.1 Å². The highest BCUT2D eigenvalue weighted by Gasteiger charge is 2.15. The predicted octanol–water partition coefficient (Wildman–Crippen LogP) is 3.63. The molecule has 0 bridgehead atoms. The van der Waals surface area contributed by atoms with Gasteiger partial charge in [0.2, 0.25) is 0 Å². The van der Waals surface area contributed by atoms with Crippen molar-refractivity contribution in [1.29, 1.82) is 0 Å². The minimum Gasteiger partial charge on any atom is -0.493 e. The zero-order chi connectivity index (χ0) is 20.5. The molecule has 0 heterocycles. The van der Waals surface area contributed by atoms with Crippen LogP contribution in [0.5, 0.6) is 11.5 Å². The van der Waals surface area contributed by atoms with Crippen LogP contribution in [0.4, 0.5) is 4.39 Å². The number of aliphatic hydroxyl groups excluding tert-OH is 1. The number of nitrogens with zero attached hydrogens (tertiary/aromatic N) is 1. The number of halogens is 1. The standard InChI is InChI=1S/C22H30FNO4/c1-16(2)28-15-20(25)14-24(12-17-5-8-19(23)9-6-17)13-18-7-10-21(26-3)22(11-18)27-4/h5-11,16,20,25H,12-15H2,1-4H3/t20-/m0/s1.